The number of halogens is 2. The minimum absolute atomic E-state index is 0.265. The number of benzene rings is 2. The lowest BCUT2D eigenvalue weighted by Crippen LogP contribution is -1.93. The minimum atomic E-state index is 0.265. The van der Waals surface area contributed by atoms with E-state index < -0.39 is 0 Å². The molecular weight excluding hydrogens is 364 g/mol. The van der Waals surface area contributed by atoms with E-state index in [4.69, 9.17) is 0 Å². The predicted octanol–water partition coefficient (Wildman–Crippen LogP) is 6.28. The first kappa shape index (κ1) is 14.8. The Kier molecular flexibility index (Phi) is 5.65. The molecule has 2 aromatic carbocycles. The van der Waals surface area contributed by atoms with Gasteiger partial charge in [0.05, 0.1) is 4.83 Å². The lowest BCUT2D eigenvalue weighted by Gasteiger charge is -2.11. The van der Waals surface area contributed by atoms with Crippen LogP contribution in [0.15, 0.2) is 53.0 Å². The van der Waals surface area contributed by atoms with Gasteiger partial charge in [0.15, 0.2) is 0 Å². The summed E-state index contributed by atoms with van der Waals surface area (Å²) in [4.78, 5) is 0.265. The summed E-state index contributed by atoms with van der Waals surface area (Å²) in [6, 6.07) is 17.4. The van der Waals surface area contributed by atoms with E-state index in [9.17, 15) is 0 Å². The molecule has 2 heteroatoms. The standard InChI is InChI=1S/C17H18Br2/c1-2-3-4-13-5-7-14(8-6-13)17(19)15-9-11-16(18)12-10-15/h5-12,17H,2-4H2,1H3. The van der Waals surface area contributed by atoms with Crippen molar-refractivity contribution in [3.05, 3.63) is 69.7 Å². The second kappa shape index (κ2) is 7.25. The van der Waals surface area contributed by atoms with Gasteiger partial charge in [0.2, 0.25) is 0 Å². The first-order valence-electron chi connectivity index (χ1n) is 6.69. The van der Waals surface area contributed by atoms with E-state index in [2.05, 4.69) is 87.3 Å². The van der Waals surface area contributed by atoms with Gasteiger partial charge >= 0.3 is 0 Å². The van der Waals surface area contributed by atoms with E-state index in [0.29, 0.717) is 0 Å². The maximum Gasteiger partial charge on any atom is 0.0644 e. The van der Waals surface area contributed by atoms with E-state index in [1.54, 1.807) is 0 Å². The van der Waals surface area contributed by atoms with Gasteiger partial charge in [-0.3, -0.25) is 0 Å². The molecule has 100 valence electrons. The molecule has 0 bridgehead atoms. The first-order chi connectivity index (χ1) is 9.20. The summed E-state index contributed by atoms with van der Waals surface area (Å²) in [7, 11) is 0. The highest BCUT2D eigenvalue weighted by Crippen LogP contribution is 2.31. The maximum atomic E-state index is 3.78. The molecule has 0 saturated carbocycles. The highest BCUT2D eigenvalue weighted by Gasteiger charge is 2.09. The fraction of sp³-hybridized carbons (Fsp3) is 0.294. The van der Waals surface area contributed by atoms with Crippen LogP contribution < -0.4 is 0 Å². The van der Waals surface area contributed by atoms with Gasteiger partial charge in [0, 0.05) is 4.47 Å². The van der Waals surface area contributed by atoms with Gasteiger partial charge in [-0.25, -0.2) is 0 Å². The van der Waals surface area contributed by atoms with E-state index in [1.165, 1.54) is 36.0 Å². The van der Waals surface area contributed by atoms with Crippen molar-refractivity contribution in [1.82, 2.24) is 0 Å². The van der Waals surface area contributed by atoms with Crippen molar-refractivity contribution in [1.29, 1.82) is 0 Å². The van der Waals surface area contributed by atoms with Gasteiger partial charge < -0.3 is 0 Å². The molecule has 0 radical (unpaired) electrons. The molecule has 0 aromatic heterocycles. The third-order valence-electron chi connectivity index (χ3n) is 3.25. The van der Waals surface area contributed by atoms with Crippen molar-refractivity contribution in [3.8, 4) is 0 Å². The van der Waals surface area contributed by atoms with Crippen LogP contribution in [0, 0.1) is 0 Å². The van der Waals surface area contributed by atoms with Crippen LogP contribution in [-0.4, -0.2) is 0 Å². The van der Waals surface area contributed by atoms with Crippen LogP contribution in [0.3, 0.4) is 0 Å². The molecule has 0 saturated heterocycles. The highest BCUT2D eigenvalue weighted by molar-refractivity contribution is 9.10. The molecule has 1 atom stereocenters. The normalized spacial score (nSPS) is 12.4. The largest absolute Gasteiger partial charge is 0.0786 e. The number of aryl methyl sites for hydroxylation is 1. The lowest BCUT2D eigenvalue weighted by molar-refractivity contribution is 0.795. The monoisotopic (exact) mass is 380 g/mol. The van der Waals surface area contributed by atoms with Crippen molar-refractivity contribution in [2.24, 2.45) is 0 Å². The van der Waals surface area contributed by atoms with E-state index >= 15 is 0 Å². The molecule has 0 aliphatic heterocycles. The van der Waals surface area contributed by atoms with Gasteiger partial charge in [0.25, 0.3) is 0 Å². The van der Waals surface area contributed by atoms with E-state index in [0.717, 1.165) is 4.47 Å². The number of alkyl halides is 1. The van der Waals surface area contributed by atoms with Crippen LogP contribution in [-0.2, 0) is 6.42 Å². The summed E-state index contributed by atoms with van der Waals surface area (Å²) in [5, 5.41) is 0. The smallest absolute Gasteiger partial charge is 0.0644 e. The highest BCUT2D eigenvalue weighted by atomic mass is 79.9. The predicted molar refractivity (Wildman–Crippen MR) is 90.0 cm³/mol. The fourth-order valence-corrected chi connectivity index (χ4v) is 2.93. The average Bonchev–Trinajstić information content (AvgIpc) is 2.46. The second-order valence-corrected chi connectivity index (χ2v) is 6.59. The third kappa shape index (κ3) is 4.19. The second-order valence-electron chi connectivity index (χ2n) is 4.76. The van der Waals surface area contributed by atoms with Crippen LogP contribution in [0.25, 0.3) is 0 Å². The molecule has 0 amide bonds. The topological polar surface area (TPSA) is 0 Å². The molecular formula is C17H18Br2. The SMILES string of the molecule is CCCCc1ccc(C(Br)c2ccc(Br)cc2)cc1. The number of rotatable bonds is 5. The first-order valence-corrected chi connectivity index (χ1v) is 8.40. The van der Waals surface area contributed by atoms with Crippen molar-refractivity contribution in [3.63, 3.8) is 0 Å². The Bertz CT molecular complexity index is 500. The van der Waals surface area contributed by atoms with Gasteiger partial charge in [-0.15, -0.1) is 0 Å². The number of hydrogen-bond acceptors (Lipinski definition) is 0. The van der Waals surface area contributed by atoms with Gasteiger partial charge in [-0.2, -0.15) is 0 Å². The van der Waals surface area contributed by atoms with Crippen molar-refractivity contribution < 1.29 is 0 Å². The summed E-state index contributed by atoms with van der Waals surface area (Å²) in [6.45, 7) is 2.23. The Morgan fingerprint density at radius 1 is 0.895 bits per heavy atom. The van der Waals surface area contributed by atoms with Gasteiger partial charge in [-0.1, -0.05) is 81.6 Å². The quantitative estimate of drug-likeness (QED) is 0.535. The van der Waals surface area contributed by atoms with Crippen LogP contribution in [0.5, 0.6) is 0 Å². The molecule has 0 aliphatic carbocycles. The molecule has 0 heterocycles. The zero-order valence-electron chi connectivity index (χ0n) is 11.1. The Balaban J connectivity index is 2.10. The van der Waals surface area contributed by atoms with E-state index in [1.807, 2.05) is 0 Å². The lowest BCUT2D eigenvalue weighted by atomic mass is 10.0. The van der Waals surface area contributed by atoms with Crippen LogP contribution >= 0.6 is 31.9 Å². The zero-order valence-corrected chi connectivity index (χ0v) is 14.2. The van der Waals surface area contributed by atoms with Crippen LogP contribution in [0.1, 0.15) is 41.3 Å². The average molecular weight is 382 g/mol. The Labute approximate surface area is 132 Å². The molecule has 2 aromatic rings. The maximum absolute atomic E-state index is 3.78. The summed E-state index contributed by atoms with van der Waals surface area (Å²) in [5.41, 5.74) is 4.02. The Morgan fingerprint density at radius 2 is 1.42 bits per heavy atom. The van der Waals surface area contributed by atoms with Crippen molar-refractivity contribution in [2.45, 2.75) is 31.0 Å². The van der Waals surface area contributed by atoms with Crippen LogP contribution in [0.4, 0.5) is 0 Å². The van der Waals surface area contributed by atoms with E-state index in [-0.39, 0.29) is 4.83 Å². The Hall–Kier alpha value is -0.600. The molecule has 1 unspecified atom stereocenters. The number of unbranched alkanes of at least 4 members (excludes halogenated alkanes) is 1. The van der Waals surface area contributed by atoms with Crippen molar-refractivity contribution >= 4 is 31.9 Å². The minimum Gasteiger partial charge on any atom is -0.0786 e. The fourth-order valence-electron chi connectivity index (χ4n) is 2.06. The summed E-state index contributed by atoms with van der Waals surface area (Å²) in [5.74, 6) is 0. The molecule has 2 rings (SSSR count). The molecule has 0 fully saturated rings. The summed E-state index contributed by atoms with van der Waals surface area (Å²) < 4.78 is 1.12. The Morgan fingerprint density at radius 3 is 1.95 bits per heavy atom. The molecule has 0 spiro atoms. The molecule has 0 N–H and O–H groups in total. The molecule has 0 aliphatic rings. The molecule has 19 heavy (non-hydrogen) atoms. The summed E-state index contributed by atoms with van der Waals surface area (Å²) in [6.07, 6.45) is 3.70. The molecule has 0 nitrogen and oxygen atoms in total. The van der Waals surface area contributed by atoms with Gasteiger partial charge in [0.1, 0.15) is 0 Å². The van der Waals surface area contributed by atoms with Gasteiger partial charge in [-0.05, 0) is 41.7 Å². The van der Waals surface area contributed by atoms with Crippen molar-refractivity contribution in [2.75, 3.05) is 0 Å². The summed E-state index contributed by atoms with van der Waals surface area (Å²) >= 11 is 7.25. The third-order valence-corrected chi connectivity index (χ3v) is 4.84. The number of hydrogen-bond donors (Lipinski definition) is 0. The van der Waals surface area contributed by atoms with Crippen LogP contribution in [0.2, 0.25) is 0 Å². The zero-order chi connectivity index (χ0) is 13.7.